The molecule has 1 fully saturated rings. The van der Waals surface area contributed by atoms with Crippen LogP contribution in [0.4, 0.5) is 19.0 Å². The summed E-state index contributed by atoms with van der Waals surface area (Å²) in [6.45, 7) is 5.69. The number of amides is 1. The van der Waals surface area contributed by atoms with Gasteiger partial charge >= 0.3 is 6.18 Å². The summed E-state index contributed by atoms with van der Waals surface area (Å²) < 4.78 is 44.4. The number of hydrogen-bond acceptors (Lipinski definition) is 6. The zero-order valence-electron chi connectivity index (χ0n) is 22.6. The van der Waals surface area contributed by atoms with Crippen molar-refractivity contribution in [1.82, 2.24) is 15.3 Å². The molecule has 0 radical (unpaired) electrons. The largest absolute Gasteiger partial charge is 0.435 e. The molecular formula is C31H28F3N5O2. The Bertz CT molecular complexity index is 1630. The molecule has 1 aliphatic heterocycles. The first kappa shape index (κ1) is 27.9. The number of benzene rings is 2. The van der Waals surface area contributed by atoms with E-state index in [1.165, 1.54) is 6.07 Å². The lowest BCUT2D eigenvalue weighted by Crippen LogP contribution is -2.39. The minimum atomic E-state index is -4.40. The topological polar surface area (TPSA) is 95.0 Å². The fourth-order valence-electron chi connectivity index (χ4n) is 4.88. The molecule has 2 aromatic carbocycles. The highest BCUT2D eigenvalue weighted by atomic mass is 19.4. The number of halogens is 3. The molecule has 0 unspecified atom stereocenters. The van der Waals surface area contributed by atoms with Gasteiger partial charge in [-0.1, -0.05) is 6.08 Å². The summed E-state index contributed by atoms with van der Waals surface area (Å²) in [5.74, 6) is 1.00. The molecule has 210 valence electrons. The molecule has 10 heteroatoms. The van der Waals surface area contributed by atoms with Gasteiger partial charge in [0.2, 0.25) is 5.89 Å². The summed E-state index contributed by atoms with van der Waals surface area (Å²) in [7, 11) is 0. The predicted molar refractivity (Wildman–Crippen MR) is 150 cm³/mol. The average Bonchev–Trinajstić information content (AvgIpc) is 3.43. The fourth-order valence-corrected chi connectivity index (χ4v) is 4.88. The quantitative estimate of drug-likeness (QED) is 0.278. The lowest BCUT2D eigenvalue weighted by molar-refractivity contribution is -0.137. The van der Waals surface area contributed by atoms with Crippen LogP contribution < -0.4 is 10.2 Å². The second kappa shape index (κ2) is 11.5. The van der Waals surface area contributed by atoms with Crippen LogP contribution in [-0.2, 0) is 6.18 Å². The minimum Gasteiger partial charge on any atom is -0.435 e. The first-order chi connectivity index (χ1) is 19.7. The Morgan fingerprint density at radius 1 is 1.17 bits per heavy atom. The van der Waals surface area contributed by atoms with Gasteiger partial charge in [0, 0.05) is 42.5 Å². The number of hydrogen-bond donors (Lipinski definition) is 1. The van der Waals surface area contributed by atoms with Crippen LogP contribution in [-0.4, -0.2) is 35.5 Å². The Hall–Kier alpha value is -4.65. The number of rotatable bonds is 6. The monoisotopic (exact) mass is 559 g/mol. The number of pyridine rings is 1. The number of aromatic nitrogens is 2. The van der Waals surface area contributed by atoms with Crippen molar-refractivity contribution in [3.8, 4) is 17.5 Å². The second-order valence-electron chi connectivity index (χ2n) is 10.1. The zero-order chi connectivity index (χ0) is 29.1. The van der Waals surface area contributed by atoms with Crippen LogP contribution in [0, 0.1) is 17.2 Å². The van der Waals surface area contributed by atoms with Gasteiger partial charge in [-0.2, -0.15) is 18.4 Å². The third-order valence-electron chi connectivity index (χ3n) is 7.44. The van der Waals surface area contributed by atoms with Crippen LogP contribution in [0.2, 0.25) is 0 Å². The van der Waals surface area contributed by atoms with Crippen molar-refractivity contribution in [3.05, 3.63) is 83.1 Å². The van der Waals surface area contributed by atoms with Crippen molar-refractivity contribution >= 4 is 28.4 Å². The number of anilines is 1. The molecule has 3 heterocycles. The number of nitriles is 1. The molecule has 1 amide bonds. The van der Waals surface area contributed by atoms with Gasteiger partial charge in [-0.25, -0.2) is 9.97 Å². The minimum absolute atomic E-state index is 0.189. The standard InChI is InChI=1S/C31H28F3N5O2/c1-3-19(2)25-14-21(16-35)15-26-28(25)41-30(38-26)23-6-4-22(5-7-23)29(40)37-17-20-10-12-39(13-11-20)27-9-8-24(18-36-27)31(32,33)34/h3-9,14-15,18,20H,10-13,17H2,1-2H3,(H,37,40)/b19-3-. The van der Waals surface area contributed by atoms with Crippen molar-refractivity contribution in [1.29, 1.82) is 5.26 Å². The number of carbonyl (C=O) groups is 1. The van der Waals surface area contributed by atoms with Gasteiger partial charge in [-0.15, -0.1) is 0 Å². The van der Waals surface area contributed by atoms with E-state index in [1.54, 1.807) is 36.4 Å². The summed E-state index contributed by atoms with van der Waals surface area (Å²) in [5.41, 5.74) is 3.96. The zero-order valence-corrected chi connectivity index (χ0v) is 22.6. The molecule has 0 atom stereocenters. The lowest BCUT2D eigenvalue weighted by atomic mass is 9.96. The van der Waals surface area contributed by atoms with E-state index in [0.717, 1.165) is 36.2 Å². The molecule has 1 aliphatic rings. The van der Waals surface area contributed by atoms with Gasteiger partial charge in [-0.3, -0.25) is 4.79 Å². The van der Waals surface area contributed by atoms with Gasteiger partial charge in [0.05, 0.1) is 17.2 Å². The van der Waals surface area contributed by atoms with E-state index in [2.05, 4.69) is 21.4 Å². The normalized spacial score (nSPS) is 14.7. The Balaban J connectivity index is 1.18. The average molecular weight is 560 g/mol. The van der Waals surface area contributed by atoms with E-state index in [4.69, 9.17) is 4.42 Å². The fraction of sp³-hybridized carbons (Fsp3) is 0.290. The highest BCUT2D eigenvalue weighted by Crippen LogP contribution is 2.32. The van der Waals surface area contributed by atoms with E-state index in [0.29, 0.717) is 59.1 Å². The number of nitrogens with zero attached hydrogens (tertiary/aromatic N) is 4. The van der Waals surface area contributed by atoms with Crippen molar-refractivity contribution in [2.24, 2.45) is 5.92 Å². The van der Waals surface area contributed by atoms with Gasteiger partial charge in [0.15, 0.2) is 5.58 Å². The molecule has 4 aromatic rings. The van der Waals surface area contributed by atoms with Gasteiger partial charge in [-0.05, 0) is 86.7 Å². The van der Waals surface area contributed by atoms with Crippen LogP contribution in [0.15, 0.2) is 65.2 Å². The first-order valence-electron chi connectivity index (χ1n) is 13.3. The van der Waals surface area contributed by atoms with Crippen molar-refractivity contribution < 1.29 is 22.4 Å². The van der Waals surface area contributed by atoms with E-state index in [9.17, 15) is 23.2 Å². The maximum atomic E-state index is 12.8. The van der Waals surface area contributed by atoms with Gasteiger partial charge in [0.25, 0.3) is 5.91 Å². The number of oxazole rings is 1. The number of carbonyl (C=O) groups excluding carboxylic acids is 1. The van der Waals surface area contributed by atoms with Crippen LogP contribution >= 0.6 is 0 Å². The van der Waals surface area contributed by atoms with E-state index < -0.39 is 11.7 Å². The van der Waals surface area contributed by atoms with Crippen molar-refractivity contribution in [2.45, 2.75) is 32.9 Å². The summed E-state index contributed by atoms with van der Waals surface area (Å²) in [6.07, 6.45) is -0.00144. The number of allylic oxidation sites excluding steroid dienone is 2. The molecule has 1 saturated heterocycles. The summed E-state index contributed by atoms with van der Waals surface area (Å²) in [5, 5.41) is 12.4. The maximum Gasteiger partial charge on any atom is 0.417 e. The van der Waals surface area contributed by atoms with Crippen LogP contribution in [0.5, 0.6) is 0 Å². The number of fused-ring (bicyclic) bond motifs is 1. The van der Waals surface area contributed by atoms with Crippen molar-refractivity contribution in [2.75, 3.05) is 24.5 Å². The smallest absolute Gasteiger partial charge is 0.417 e. The molecule has 41 heavy (non-hydrogen) atoms. The third-order valence-corrected chi connectivity index (χ3v) is 7.44. The maximum absolute atomic E-state index is 12.8. The highest BCUT2D eigenvalue weighted by molar-refractivity contribution is 5.95. The molecule has 5 rings (SSSR count). The van der Waals surface area contributed by atoms with Gasteiger partial charge in [0.1, 0.15) is 11.3 Å². The Morgan fingerprint density at radius 2 is 1.90 bits per heavy atom. The Kier molecular flexibility index (Phi) is 7.79. The highest BCUT2D eigenvalue weighted by Gasteiger charge is 2.31. The molecule has 0 aliphatic carbocycles. The number of piperidine rings is 1. The summed E-state index contributed by atoms with van der Waals surface area (Å²) in [6, 6.07) is 15.1. The van der Waals surface area contributed by atoms with Gasteiger partial charge < -0.3 is 14.6 Å². The van der Waals surface area contributed by atoms with Crippen molar-refractivity contribution in [3.63, 3.8) is 0 Å². The lowest BCUT2D eigenvalue weighted by Gasteiger charge is -2.33. The Morgan fingerprint density at radius 3 is 2.51 bits per heavy atom. The third kappa shape index (κ3) is 6.09. The second-order valence-corrected chi connectivity index (χ2v) is 10.1. The summed E-state index contributed by atoms with van der Waals surface area (Å²) in [4.78, 5) is 23.3. The van der Waals surface area contributed by atoms with Crippen LogP contribution in [0.1, 0.15) is 53.7 Å². The van der Waals surface area contributed by atoms with E-state index >= 15 is 0 Å². The molecule has 0 spiro atoms. The molecule has 0 saturated carbocycles. The van der Waals surface area contributed by atoms with E-state index in [-0.39, 0.29) is 11.8 Å². The molecule has 2 aromatic heterocycles. The molecular weight excluding hydrogens is 531 g/mol. The number of alkyl halides is 3. The molecule has 0 bridgehead atoms. The van der Waals surface area contributed by atoms with Crippen LogP contribution in [0.25, 0.3) is 28.1 Å². The number of nitrogens with one attached hydrogen (secondary N) is 1. The first-order valence-corrected chi connectivity index (χ1v) is 13.3. The predicted octanol–water partition coefficient (Wildman–Crippen LogP) is 6.85. The Labute approximate surface area is 235 Å². The van der Waals surface area contributed by atoms with Crippen LogP contribution in [0.3, 0.4) is 0 Å². The summed E-state index contributed by atoms with van der Waals surface area (Å²) >= 11 is 0. The molecule has 1 N–H and O–H groups in total. The molecule has 7 nitrogen and oxygen atoms in total. The van der Waals surface area contributed by atoms with E-state index in [1.807, 2.05) is 24.8 Å². The SMILES string of the molecule is C/C=C(/C)c1cc(C#N)cc2nc(-c3ccc(C(=O)NCC4CCN(c5ccc(C(F)(F)F)cn5)CC4)cc3)oc12.